The molecule has 0 heterocycles. The lowest BCUT2D eigenvalue weighted by atomic mass is 9.96. The Morgan fingerprint density at radius 2 is 2.00 bits per heavy atom. The second kappa shape index (κ2) is 3.81. The summed E-state index contributed by atoms with van der Waals surface area (Å²) in [5.74, 6) is 0. The van der Waals surface area contributed by atoms with Gasteiger partial charge in [-0.3, -0.25) is 5.32 Å². The third-order valence-corrected chi connectivity index (χ3v) is 1.34. The Balaban J connectivity index is 2.64. The van der Waals surface area contributed by atoms with Gasteiger partial charge in [0.2, 0.25) is 0 Å². The van der Waals surface area contributed by atoms with Crippen LogP contribution in [0.5, 0.6) is 0 Å². The minimum Gasteiger partial charge on any atom is -0.453 e. The van der Waals surface area contributed by atoms with Crippen molar-refractivity contribution in [2.24, 2.45) is 0 Å². The second-order valence-electron chi connectivity index (χ2n) is 2.24. The predicted octanol–water partition coefficient (Wildman–Crippen LogP) is 0.659. The fourth-order valence-electron chi connectivity index (χ4n) is 0.735. The van der Waals surface area contributed by atoms with E-state index in [1.54, 1.807) is 24.3 Å². The van der Waals surface area contributed by atoms with E-state index in [4.69, 9.17) is 7.85 Å². The number of hydrogen-bond donors (Lipinski definition) is 1. The molecule has 60 valence electrons. The molecule has 0 aromatic heterocycles. The van der Waals surface area contributed by atoms with Gasteiger partial charge in [-0.2, -0.15) is 0 Å². The van der Waals surface area contributed by atoms with E-state index < -0.39 is 6.09 Å². The van der Waals surface area contributed by atoms with Crippen molar-refractivity contribution in [2.45, 2.75) is 0 Å². The van der Waals surface area contributed by atoms with Crippen molar-refractivity contribution in [3.05, 3.63) is 24.3 Å². The zero-order chi connectivity index (χ0) is 8.97. The zero-order valence-electron chi connectivity index (χ0n) is 6.70. The van der Waals surface area contributed by atoms with E-state index in [-0.39, 0.29) is 0 Å². The Bertz CT molecular complexity index is 271. The van der Waals surface area contributed by atoms with Crippen molar-refractivity contribution >= 4 is 25.1 Å². The number of ether oxygens (including phenoxy) is 1. The molecule has 4 heteroatoms. The van der Waals surface area contributed by atoms with Crippen LogP contribution in [0, 0.1) is 0 Å². The summed E-state index contributed by atoms with van der Waals surface area (Å²) in [7, 11) is 6.76. The molecule has 0 unspecified atom stereocenters. The molecule has 1 aromatic carbocycles. The number of benzene rings is 1. The van der Waals surface area contributed by atoms with Gasteiger partial charge in [-0.05, 0) is 12.1 Å². The highest BCUT2D eigenvalue weighted by molar-refractivity contribution is 6.32. The van der Waals surface area contributed by atoms with Gasteiger partial charge in [-0.15, -0.1) is 0 Å². The molecule has 0 saturated carbocycles. The standard InChI is InChI=1S/C8H8BNO2/c1-12-8(11)10-7-4-2-6(9)3-5-7/h2-5H,1H3,(H,10,11). The third-order valence-electron chi connectivity index (χ3n) is 1.34. The number of methoxy groups -OCH3 is 1. The van der Waals surface area contributed by atoms with Crippen molar-refractivity contribution in [1.82, 2.24) is 0 Å². The first kappa shape index (κ1) is 8.65. The molecule has 0 aliphatic carbocycles. The summed E-state index contributed by atoms with van der Waals surface area (Å²) in [6, 6.07) is 6.80. The van der Waals surface area contributed by atoms with Gasteiger partial charge in [-0.25, -0.2) is 4.79 Å². The molecule has 0 spiro atoms. The van der Waals surface area contributed by atoms with E-state index in [1.165, 1.54) is 7.11 Å². The third kappa shape index (κ3) is 2.30. The van der Waals surface area contributed by atoms with Crippen LogP contribution in [0.3, 0.4) is 0 Å². The molecule has 0 saturated heterocycles. The van der Waals surface area contributed by atoms with Crippen molar-refractivity contribution in [1.29, 1.82) is 0 Å². The summed E-state index contributed by atoms with van der Waals surface area (Å²) in [5.41, 5.74) is 1.32. The van der Waals surface area contributed by atoms with Gasteiger partial charge in [0.25, 0.3) is 0 Å². The van der Waals surface area contributed by atoms with E-state index in [2.05, 4.69) is 10.1 Å². The molecule has 0 atom stereocenters. The van der Waals surface area contributed by atoms with E-state index in [9.17, 15) is 4.79 Å². The molecule has 0 fully saturated rings. The highest BCUT2D eigenvalue weighted by Crippen LogP contribution is 2.03. The van der Waals surface area contributed by atoms with Gasteiger partial charge < -0.3 is 4.74 Å². The Morgan fingerprint density at radius 1 is 1.42 bits per heavy atom. The molecule has 0 aliphatic heterocycles. The van der Waals surface area contributed by atoms with E-state index in [1.807, 2.05) is 0 Å². The lowest BCUT2D eigenvalue weighted by Gasteiger charge is -2.02. The van der Waals surface area contributed by atoms with Gasteiger partial charge in [0, 0.05) is 5.69 Å². The summed E-state index contributed by atoms with van der Waals surface area (Å²) < 4.78 is 4.40. The number of amides is 1. The molecule has 1 rings (SSSR count). The SMILES string of the molecule is [B]c1ccc(NC(=O)OC)cc1. The van der Waals surface area contributed by atoms with Crippen molar-refractivity contribution < 1.29 is 9.53 Å². The summed E-state index contributed by atoms with van der Waals surface area (Å²) >= 11 is 0. The molecule has 0 aliphatic rings. The van der Waals surface area contributed by atoms with Crippen LogP contribution in [0.2, 0.25) is 0 Å². The number of hydrogen-bond acceptors (Lipinski definition) is 2. The van der Waals surface area contributed by atoms with Crippen LogP contribution in [0.4, 0.5) is 10.5 Å². The zero-order valence-corrected chi connectivity index (χ0v) is 6.70. The lowest BCUT2D eigenvalue weighted by Crippen LogP contribution is -2.11. The minimum absolute atomic E-state index is 0.486. The smallest absolute Gasteiger partial charge is 0.411 e. The van der Waals surface area contributed by atoms with Crippen LogP contribution < -0.4 is 10.8 Å². The molecule has 0 bridgehead atoms. The molecule has 2 radical (unpaired) electrons. The number of rotatable bonds is 1. The Kier molecular flexibility index (Phi) is 2.74. The summed E-state index contributed by atoms with van der Waals surface area (Å²) in [4.78, 5) is 10.7. The van der Waals surface area contributed by atoms with E-state index in [0.29, 0.717) is 11.2 Å². The van der Waals surface area contributed by atoms with Gasteiger partial charge in [0.15, 0.2) is 0 Å². The molecule has 1 amide bonds. The van der Waals surface area contributed by atoms with Gasteiger partial charge in [0.1, 0.15) is 7.85 Å². The molecular formula is C8H8BNO2. The van der Waals surface area contributed by atoms with Crippen LogP contribution in [0.15, 0.2) is 24.3 Å². The molecule has 1 N–H and O–H groups in total. The quantitative estimate of drug-likeness (QED) is 0.614. The maximum atomic E-state index is 10.7. The van der Waals surface area contributed by atoms with Crippen LogP contribution in [-0.4, -0.2) is 21.0 Å². The minimum atomic E-state index is -0.486. The maximum absolute atomic E-state index is 10.7. The van der Waals surface area contributed by atoms with E-state index >= 15 is 0 Å². The monoisotopic (exact) mass is 161 g/mol. The highest BCUT2D eigenvalue weighted by atomic mass is 16.5. The number of carbonyl (C=O) groups excluding carboxylic acids is 1. The summed E-state index contributed by atoms with van der Waals surface area (Å²) in [6.45, 7) is 0. The van der Waals surface area contributed by atoms with E-state index in [0.717, 1.165) is 0 Å². The van der Waals surface area contributed by atoms with Gasteiger partial charge >= 0.3 is 6.09 Å². The fraction of sp³-hybridized carbons (Fsp3) is 0.125. The highest BCUT2D eigenvalue weighted by Gasteiger charge is 1.97. The van der Waals surface area contributed by atoms with Gasteiger partial charge in [-0.1, -0.05) is 17.6 Å². The number of nitrogens with one attached hydrogen (secondary N) is 1. The topological polar surface area (TPSA) is 38.3 Å². The van der Waals surface area contributed by atoms with Crippen molar-refractivity contribution in [2.75, 3.05) is 12.4 Å². The largest absolute Gasteiger partial charge is 0.453 e. The second-order valence-corrected chi connectivity index (χ2v) is 2.24. The lowest BCUT2D eigenvalue weighted by molar-refractivity contribution is 0.187. The van der Waals surface area contributed by atoms with Crippen molar-refractivity contribution in [3.63, 3.8) is 0 Å². The van der Waals surface area contributed by atoms with Crippen LogP contribution in [-0.2, 0) is 4.74 Å². The van der Waals surface area contributed by atoms with Gasteiger partial charge in [0.05, 0.1) is 7.11 Å². The first-order chi connectivity index (χ1) is 5.72. The van der Waals surface area contributed by atoms with Crippen LogP contribution in [0.25, 0.3) is 0 Å². The average molecular weight is 161 g/mol. The summed E-state index contributed by atoms with van der Waals surface area (Å²) in [5, 5.41) is 2.50. The Hall–Kier alpha value is -1.45. The van der Waals surface area contributed by atoms with Crippen LogP contribution >= 0.6 is 0 Å². The average Bonchev–Trinajstić information content (AvgIpc) is 2.09. The Labute approximate surface area is 72.1 Å². The molecular weight excluding hydrogens is 153 g/mol. The first-order valence-electron chi connectivity index (χ1n) is 3.43. The fourth-order valence-corrected chi connectivity index (χ4v) is 0.735. The van der Waals surface area contributed by atoms with Crippen molar-refractivity contribution in [3.8, 4) is 0 Å². The Morgan fingerprint density at radius 3 is 2.50 bits per heavy atom. The first-order valence-corrected chi connectivity index (χ1v) is 3.43. The molecule has 1 aromatic rings. The molecule has 3 nitrogen and oxygen atoms in total. The van der Waals surface area contributed by atoms with Crippen LogP contribution in [0.1, 0.15) is 0 Å². The number of carbonyl (C=O) groups is 1. The molecule has 12 heavy (non-hydrogen) atoms. The predicted molar refractivity (Wildman–Crippen MR) is 47.9 cm³/mol. The number of anilines is 1. The normalized spacial score (nSPS) is 9.08. The summed E-state index contributed by atoms with van der Waals surface area (Å²) in [6.07, 6.45) is -0.486. The maximum Gasteiger partial charge on any atom is 0.411 e.